The minimum atomic E-state index is 0.441. The molecule has 0 aliphatic heterocycles. The summed E-state index contributed by atoms with van der Waals surface area (Å²) in [6.45, 7) is 4.02. The van der Waals surface area contributed by atoms with Crippen LogP contribution in [0.2, 0.25) is 0 Å². The van der Waals surface area contributed by atoms with Crippen molar-refractivity contribution in [2.75, 3.05) is 0 Å². The average molecular weight is 193 g/mol. The number of aromatic nitrogens is 2. The van der Waals surface area contributed by atoms with Crippen molar-refractivity contribution in [2.45, 2.75) is 26.7 Å². The second-order valence-corrected chi connectivity index (χ2v) is 3.08. The van der Waals surface area contributed by atoms with Gasteiger partial charge in [0.2, 0.25) is 0 Å². The molecule has 0 spiro atoms. The molecule has 0 unspecified atom stereocenters. The molecule has 4 heteroatoms. The maximum Gasteiger partial charge on any atom is 0.137 e. The summed E-state index contributed by atoms with van der Waals surface area (Å²) in [7, 11) is 0. The third kappa shape index (κ3) is 1.76. The van der Waals surface area contributed by atoms with Crippen LogP contribution in [0, 0.1) is 16.0 Å². The summed E-state index contributed by atoms with van der Waals surface area (Å²) in [4.78, 5) is 0. The van der Waals surface area contributed by atoms with E-state index in [-0.39, 0.29) is 0 Å². The Morgan fingerprint density at radius 1 is 1.46 bits per heavy atom. The van der Waals surface area contributed by atoms with Gasteiger partial charge in [0.25, 0.3) is 0 Å². The molecule has 1 aromatic rings. The summed E-state index contributed by atoms with van der Waals surface area (Å²) < 4.78 is 0.441. The van der Waals surface area contributed by atoms with Gasteiger partial charge in [0.15, 0.2) is 0 Å². The molecule has 0 aromatic carbocycles. The monoisotopic (exact) mass is 193 g/mol. The molecule has 1 aromatic heterocycles. The molecule has 68 valence electrons. The van der Waals surface area contributed by atoms with E-state index in [1.807, 2.05) is 13.8 Å². The lowest BCUT2D eigenvalue weighted by Crippen LogP contribution is -2.02. The van der Waals surface area contributed by atoms with Crippen LogP contribution in [0.5, 0.6) is 0 Å². The maximum atomic E-state index is 8.89. The number of nitrogens with zero attached hydrogens (tertiary/aromatic N) is 2. The molecule has 0 saturated heterocycles. The van der Waals surface area contributed by atoms with Crippen LogP contribution in [0.4, 0.5) is 0 Å². The number of aryl methyl sites for hydroxylation is 1. The smallest absolute Gasteiger partial charge is 0.137 e. The molecule has 0 fully saturated rings. The van der Waals surface area contributed by atoms with Gasteiger partial charge in [-0.2, -0.15) is 10.4 Å². The highest BCUT2D eigenvalue weighted by molar-refractivity contribution is 7.71. The number of hydrogen-bond acceptors (Lipinski definition) is 3. The van der Waals surface area contributed by atoms with Crippen molar-refractivity contribution in [1.29, 1.82) is 5.26 Å². The van der Waals surface area contributed by atoms with E-state index in [9.17, 15) is 0 Å². The van der Waals surface area contributed by atoms with E-state index in [0.29, 0.717) is 10.2 Å². The highest BCUT2D eigenvalue weighted by Crippen LogP contribution is 2.12. The van der Waals surface area contributed by atoms with Crippen LogP contribution in [0.25, 0.3) is 0 Å². The minimum Gasteiger partial charge on any atom is -0.266 e. The van der Waals surface area contributed by atoms with Crippen LogP contribution >= 0.6 is 12.2 Å². The standard InChI is InChI=1S/C9H11N3S/c1-3-6-7(5-10)9(13)12-11-8(6)4-2/h3-4H2,1-2H3,(H,12,13). The first-order valence-electron chi connectivity index (χ1n) is 4.25. The molecule has 0 radical (unpaired) electrons. The van der Waals surface area contributed by atoms with Gasteiger partial charge in [-0.25, -0.2) is 0 Å². The fourth-order valence-corrected chi connectivity index (χ4v) is 1.53. The van der Waals surface area contributed by atoms with Crippen molar-refractivity contribution >= 4 is 12.2 Å². The normalized spacial score (nSPS) is 9.62. The van der Waals surface area contributed by atoms with Crippen LogP contribution in [-0.2, 0) is 12.8 Å². The third-order valence-corrected chi connectivity index (χ3v) is 2.27. The van der Waals surface area contributed by atoms with Gasteiger partial charge in [0.1, 0.15) is 10.7 Å². The lowest BCUT2D eigenvalue weighted by atomic mass is 10.1. The van der Waals surface area contributed by atoms with Crippen LogP contribution < -0.4 is 0 Å². The Labute approximate surface area is 82.4 Å². The highest BCUT2D eigenvalue weighted by Gasteiger charge is 2.08. The van der Waals surface area contributed by atoms with Crippen molar-refractivity contribution in [3.8, 4) is 6.07 Å². The van der Waals surface area contributed by atoms with Gasteiger partial charge in [-0.1, -0.05) is 26.1 Å². The number of rotatable bonds is 2. The second kappa shape index (κ2) is 4.15. The molecule has 3 nitrogen and oxygen atoms in total. The topological polar surface area (TPSA) is 52.5 Å². The first-order valence-corrected chi connectivity index (χ1v) is 4.65. The predicted octanol–water partition coefficient (Wildman–Crippen LogP) is 2.14. The molecule has 0 bridgehead atoms. The average Bonchev–Trinajstić information content (AvgIpc) is 2.17. The summed E-state index contributed by atoms with van der Waals surface area (Å²) in [5.41, 5.74) is 2.49. The Bertz CT molecular complexity index is 400. The van der Waals surface area contributed by atoms with E-state index < -0.39 is 0 Å². The highest BCUT2D eigenvalue weighted by atomic mass is 32.1. The molecular formula is C9H11N3S. The Balaban J connectivity index is 3.48. The van der Waals surface area contributed by atoms with Crippen molar-refractivity contribution in [2.24, 2.45) is 0 Å². The van der Waals surface area contributed by atoms with Gasteiger partial charge in [0, 0.05) is 0 Å². The van der Waals surface area contributed by atoms with Crippen LogP contribution in [-0.4, -0.2) is 10.2 Å². The molecule has 1 heterocycles. The maximum absolute atomic E-state index is 8.89. The summed E-state index contributed by atoms with van der Waals surface area (Å²) in [6, 6.07) is 2.11. The fourth-order valence-electron chi connectivity index (χ4n) is 1.31. The van der Waals surface area contributed by atoms with E-state index in [0.717, 1.165) is 24.1 Å². The largest absolute Gasteiger partial charge is 0.266 e. The minimum absolute atomic E-state index is 0.441. The van der Waals surface area contributed by atoms with Crippen molar-refractivity contribution in [3.63, 3.8) is 0 Å². The molecule has 0 aliphatic carbocycles. The van der Waals surface area contributed by atoms with Gasteiger partial charge in [-0.15, -0.1) is 0 Å². The van der Waals surface area contributed by atoms with Gasteiger partial charge in [-0.05, 0) is 18.4 Å². The zero-order valence-electron chi connectivity index (χ0n) is 7.72. The van der Waals surface area contributed by atoms with E-state index in [1.165, 1.54) is 0 Å². The fraction of sp³-hybridized carbons (Fsp3) is 0.444. The number of aromatic amines is 1. The second-order valence-electron chi connectivity index (χ2n) is 2.67. The Morgan fingerprint density at radius 2 is 2.15 bits per heavy atom. The van der Waals surface area contributed by atoms with Crippen molar-refractivity contribution in [1.82, 2.24) is 10.2 Å². The molecule has 0 amide bonds. The molecule has 0 aliphatic rings. The number of hydrogen-bond donors (Lipinski definition) is 1. The molecule has 1 N–H and O–H groups in total. The van der Waals surface area contributed by atoms with Crippen LogP contribution in [0.1, 0.15) is 30.7 Å². The van der Waals surface area contributed by atoms with Gasteiger partial charge in [-0.3, -0.25) is 5.10 Å². The van der Waals surface area contributed by atoms with Crippen molar-refractivity contribution in [3.05, 3.63) is 21.5 Å². The van der Waals surface area contributed by atoms with Crippen LogP contribution in [0.3, 0.4) is 0 Å². The summed E-state index contributed by atoms with van der Waals surface area (Å²) >= 11 is 4.97. The van der Waals surface area contributed by atoms with E-state index in [2.05, 4.69) is 16.3 Å². The molecule has 13 heavy (non-hydrogen) atoms. The van der Waals surface area contributed by atoms with Crippen LogP contribution in [0.15, 0.2) is 0 Å². The Hall–Kier alpha value is -1.21. The third-order valence-electron chi connectivity index (χ3n) is 1.97. The summed E-state index contributed by atoms with van der Waals surface area (Å²) in [5.74, 6) is 0. The quantitative estimate of drug-likeness (QED) is 0.732. The summed E-state index contributed by atoms with van der Waals surface area (Å²) in [6.07, 6.45) is 1.63. The molecule has 1 rings (SSSR count). The first kappa shape index (κ1) is 9.87. The number of nitriles is 1. The number of H-pyrrole nitrogens is 1. The lowest BCUT2D eigenvalue weighted by Gasteiger charge is -2.05. The predicted molar refractivity (Wildman–Crippen MR) is 52.9 cm³/mol. The molecule has 0 atom stereocenters. The molecule has 0 saturated carbocycles. The van der Waals surface area contributed by atoms with Gasteiger partial charge >= 0.3 is 0 Å². The molecular weight excluding hydrogens is 182 g/mol. The Kier molecular flexibility index (Phi) is 3.15. The zero-order valence-corrected chi connectivity index (χ0v) is 8.53. The van der Waals surface area contributed by atoms with E-state index >= 15 is 0 Å². The zero-order chi connectivity index (χ0) is 9.84. The van der Waals surface area contributed by atoms with Gasteiger partial charge < -0.3 is 0 Å². The van der Waals surface area contributed by atoms with E-state index in [1.54, 1.807) is 0 Å². The van der Waals surface area contributed by atoms with Gasteiger partial charge in [0.05, 0.1) is 11.3 Å². The summed E-state index contributed by atoms with van der Waals surface area (Å²) in [5, 5.41) is 15.7. The first-order chi connectivity index (χ1) is 6.24. The Morgan fingerprint density at radius 3 is 2.62 bits per heavy atom. The number of nitrogens with one attached hydrogen (secondary N) is 1. The van der Waals surface area contributed by atoms with Crippen molar-refractivity contribution < 1.29 is 0 Å². The SMILES string of the molecule is CCc1n[nH]c(=S)c(C#N)c1CC. The van der Waals surface area contributed by atoms with E-state index in [4.69, 9.17) is 17.5 Å². The lowest BCUT2D eigenvalue weighted by molar-refractivity contribution is 0.865.